The number of halogens is 1. The van der Waals surface area contributed by atoms with Crippen LogP contribution >= 0.6 is 35.3 Å². The van der Waals surface area contributed by atoms with E-state index in [1.165, 1.54) is 17.7 Å². The summed E-state index contributed by atoms with van der Waals surface area (Å²) in [6, 6.07) is 5.30. The first-order valence-electron chi connectivity index (χ1n) is 6.86. The quantitative estimate of drug-likeness (QED) is 0.782. The molecule has 0 spiro atoms. The average Bonchev–Trinajstić information content (AvgIpc) is 2.99. The summed E-state index contributed by atoms with van der Waals surface area (Å²) in [5.74, 6) is 1.89. The number of thiophene rings is 1. The minimum Gasteiger partial charge on any atom is -0.349 e. The summed E-state index contributed by atoms with van der Waals surface area (Å²) in [6.07, 6.45) is 2.65. The van der Waals surface area contributed by atoms with Gasteiger partial charge in [-0.05, 0) is 37.1 Å². The fourth-order valence-electron chi connectivity index (χ4n) is 2.99. The SMILES string of the molecule is CC(NC1=NCC2C(C)CCCN12)c1cccs1.I. The number of hydrogen-bond acceptors (Lipinski definition) is 4. The van der Waals surface area contributed by atoms with Crippen molar-refractivity contribution in [3.63, 3.8) is 0 Å². The number of fused-ring (bicyclic) bond motifs is 1. The molecule has 3 rings (SSSR count). The van der Waals surface area contributed by atoms with E-state index in [-0.39, 0.29) is 24.0 Å². The predicted octanol–water partition coefficient (Wildman–Crippen LogP) is 3.49. The summed E-state index contributed by atoms with van der Waals surface area (Å²) < 4.78 is 0. The second-order valence-corrected chi connectivity index (χ2v) is 6.41. The smallest absolute Gasteiger partial charge is 0.194 e. The summed E-state index contributed by atoms with van der Waals surface area (Å²) >= 11 is 1.81. The first kappa shape index (κ1) is 15.1. The highest BCUT2D eigenvalue weighted by Gasteiger charge is 2.34. The van der Waals surface area contributed by atoms with E-state index < -0.39 is 0 Å². The van der Waals surface area contributed by atoms with Crippen molar-refractivity contribution in [2.24, 2.45) is 10.9 Å². The lowest BCUT2D eigenvalue weighted by atomic mass is 9.92. The molecule has 106 valence electrons. The molecule has 0 radical (unpaired) electrons. The van der Waals surface area contributed by atoms with Gasteiger partial charge in [-0.2, -0.15) is 0 Å². The highest BCUT2D eigenvalue weighted by atomic mass is 127. The van der Waals surface area contributed by atoms with Crippen LogP contribution < -0.4 is 5.32 Å². The second kappa shape index (κ2) is 6.43. The van der Waals surface area contributed by atoms with Crippen molar-refractivity contribution in [2.75, 3.05) is 13.1 Å². The summed E-state index contributed by atoms with van der Waals surface area (Å²) in [7, 11) is 0. The first-order valence-corrected chi connectivity index (χ1v) is 7.74. The Labute approximate surface area is 136 Å². The maximum Gasteiger partial charge on any atom is 0.194 e. The van der Waals surface area contributed by atoms with Gasteiger partial charge >= 0.3 is 0 Å². The maximum absolute atomic E-state index is 4.72. The van der Waals surface area contributed by atoms with Crippen LogP contribution in [0.15, 0.2) is 22.5 Å². The first-order chi connectivity index (χ1) is 8.75. The molecule has 0 aromatic carbocycles. The molecule has 3 nitrogen and oxygen atoms in total. The number of nitrogens with zero attached hydrogens (tertiary/aromatic N) is 2. The number of nitrogens with one attached hydrogen (secondary N) is 1. The molecule has 1 fully saturated rings. The molecule has 0 aliphatic carbocycles. The van der Waals surface area contributed by atoms with Gasteiger partial charge in [0.2, 0.25) is 0 Å². The molecule has 1 saturated heterocycles. The van der Waals surface area contributed by atoms with Gasteiger partial charge in [0.25, 0.3) is 0 Å². The van der Waals surface area contributed by atoms with E-state index in [0.29, 0.717) is 12.1 Å². The largest absolute Gasteiger partial charge is 0.349 e. The summed E-state index contributed by atoms with van der Waals surface area (Å²) in [4.78, 5) is 8.58. The fourth-order valence-corrected chi connectivity index (χ4v) is 3.73. The highest BCUT2D eigenvalue weighted by molar-refractivity contribution is 14.0. The molecule has 3 heterocycles. The molecule has 0 bridgehead atoms. The van der Waals surface area contributed by atoms with Crippen molar-refractivity contribution in [1.82, 2.24) is 10.2 Å². The van der Waals surface area contributed by atoms with Crippen LogP contribution in [0.4, 0.5) is 0 Å². The lowest BCUT2D eigenvalue weighted by Crippen LogP contribution is -2.49. The molecule has 0 amide bonds. The van der Waals surface area contributed by atoms with E-state index in [4.69, 9.17) is 4.99 Å². The lowest BCUT2D eigenvalue weighted by molar-refractivity contribution is 0.194. The van der Waals surface area contributed by atoms with Gasteiger partial charge in [0.15, 0.2) is 5.96 Å². The highest BCUT2D eigenvalue weighted by Crippen LogP contribution is 2.28. The van der Waals surface area contributed by atoms with E-state index in [2.05, 4.69) is 41.6 Å². The van der Waals surface area contributed by atoms with Gasteiger partial charge in [0.1, 0.15) is 0 Å². The van der Waals surface area contributed by atoms with Gasteiger partial charge in [-0.1, -0.05) is 13.0 Å². The Balaban J connectivity index is 0.00000133. The number of guanidine groups is 1. The molecule has 1 aromatic heterocycles. The molecular formula is C14H22IN3S. The Hall–Kier alpha value is -0.300. The number of hydrogen-bond donors (Lipinski definition) is 1. The molecule has 19 heavy (non-hydrogen) atoms. The Kier molecular flexibility index (Phi) is 5.11. The zero-order valence-electron chi connectivity index (χ0n) is 11.5. The topological polar surface area (TPSA) is 27.6 Å². The third kappa shape index (κ3) is 3.07. The van der Waals surface area contributed by atoms with Crippen molar-refractivity contribution < 1.29 is 0 Å². The third-order valence-corrected chi connectivity index (χ3v) is 5.19. The van der Waals surface area contributed by atoms with Gasteiger partial charge in [-0.15, -0.1) is 35.3 Å². The van der Waals surface area contributed by atoms with Gasteiger partial charge in [-0.25, -0.2) is 0 Å². The molecule has 2 aliphatic heterocycles. The van der Waals surface area contributed by atoms with E-state index >= 15 is 0 Å². The number of piperidine rings is 1. The molecule has 2 aliphatic rings. The summed E-state index contributed by atoms with van der Waals surface area (Å²) in [5, 5.41) is 5.72. The van der Waals surface area contributed by atoms with Gasteiger partial charge in [-0.3, -0.25) is 4.99 Å². The normalized spacial score (nSPS) is 27.3. The van der Waals surface area contributed by atoms with Crippen LogP contribution in [0.25, 0.3) is 0 Å². The molecule has 3 atom stereocenters. The molecule has 0 saturated carbocycles. The van der Waals surface area contributed by atoms with E-state index in [1.807, 2.05) is 11.3 Å². The van der Waals surface area contributed by atoms with Crippen molar-refractivity contribution >= 4 is 41.3 Å². The van der Waals surface area contributed by atoms with Crippen LogP contribution in [0.2, 0.25) is 0 Å². The van der Waals surface area contributed by atoms with Crippen molar-refractivity contribution in [2.45, 2.75) is 38.8 Å². The summed E-state index contributed by atoms with van der Waals surface area (Å²) in [6.45, 7) is 6.71. The minimum absolute atomic E-state index is 0. The number of rotatable bonds is 2. The molecule has 3 unspecified atom stereocenters. The van der Waals surface area contributed by atoms with E-state index in [9.17, 15) is 0 Å². The molecule has 5 heteroatoms. The average molecular weight is 391 g/mol. The van der Waals surface area contributed by atoms with Crippen LogP contribution in [0.3, 0.4) is 0 Å². The molecular weight excluding hydrogens is 369 g/mol. The second-order valence-electron chi connectivity index (χ2n) is 5.43. The lowest BCUT2D eigenvalue weighted by Gasteiger charge is -2.37. The summed E-state index contributed by atoms with van der Waals surface area (Å²) in [5.41, 5.74) is 0. The van der Waals surface area contributed by atoms with E-state index in [1.54, 1.807) is 0 Å². The predicted molar refractivity (Wildman–Crippen MR) is 92.5 cm³/mol. The minimum atomic E-state index is 0. The van der Waals surface area contributed by atoms with Crippen LogP contribution in [-0.2, 0) is 0 Å². The fraction of sp³-hybridized carbons (Fsp3) is 0.643. The Morgan fingerprint density at radius 1 is 1.53 bits per heavy atom. The Morgan fingerprint density at radius 3 is 3.11 bits per heavy atom. The van der Waals surface area contributed by atoms with E-state index in [0.717, 1.165) is 25.0 Å². The van der Waals surface area contributed by atoms with Gasteiger partial charge in [0, 0.05) is 11.4 Å². The maximum atomic E-state index is 4.72. The van der Waals surface area contributed by atoms with Crippen LogP contribution in [-0.4, -0.2) is 30.0 Å². The zero-order valence-corrected chi connectivity index (χ0v) is 14.7. The van der Waals surface area contributed by atoms with Crippen molar-refractivity contribution in [3.05, 3.63) is 22.4 Å². The van der Waals surface area contributed by atoms with Crippen molar-refractivity contribution in [3.8, 4) is 0 Å². The van der Waals surface area contributed by atoms with Gasteiger partial charge in [0.05, 0.1) is 18.6 Å². The van der Waals surface area contributed by atoms with Crippen LogP contribution in [0.1, 0.15) is 37.6 Å². The van der Waals surface area contributed by atoms with Crippen LogP contribution in [0, 0.1) is 5.92 Å². The van der Waals surface area contributed by atoms with Crippen molar-refractivity contribution in [1.29, 1.82) is 0 Å². The number of aliphatic imine (C=N–C) groups is 1. The third-order valence-electron chi connectivity index (χ3n) is 4.13. The Morgan fingerprint density at radius 2 is 2.37 bits per heavy atom. The standard InChI is InChI=1S/C14H21N3S.HI/c1-10-5-3-7-17-12(10)9-15-14(17)16-11(2)13-6-4-8-18-13;/h4,6,8,10-12H,3,5,7,9H2,1-2H3,(H,15,16);1H. The molecule has 1 aromatic rings. The Bertz CT molecular complexity index is 432. The molecule has 1 N–H and O–H groups in total. The monoisotopic (exact) mass is 391 g/mol. The zero-order chi connectivity index (χ0) is 12.5. The van der Waals surface area contributed by atoms with Crippen LogP contribution in [0.5, 0.6) is 0 Å². The van der Waals surface area contributed by atoms with Gasteiger partial charge < -0.3 is 10.2 Å².